The minimum absolute atomic E-state index is 0.0888. The van der Waals surface area contributed by atoms with Crippen LogP contribution in [0.15, 0.2) is 60.7 Å². The smallest absolute Gasteiger partial charge is 0.295 e. The number of likely N-dealkylation sites (tertiary alicyclic amines) is 1. The minimum Gasteiger partial charge on any atom is -0.507 e. The quantitative estimate of drug-likeness (QED) is 0.176. The number of aliphatic hydroxyl groups excluding tert-OH is 1. The first-order valence-electron chi connectivity index (χ1n) is 12.9. The van der Waals surface area contributed by atoms with Gasteiger partial charge in [-0.2, -0.15) is 0 Å². The number of nitrogens with zero attached hydrogens (tertiary/aromatic N) is 2. The third-order valence-corrected chi connectivity index (χ3v) is 6.57. The summed E-state index contributed by atoms with van der Waals surface area (Å²) in [7, 11) is 0. The molecule has 7 heteroatoms. The van der Waals surface area contributed by atoms with E-state index in [-0.39, 0.29) is 11.3 Å². The summed E-state index contributed by atoms with van der Waals surface area (Å²) < 4.78 is 11.4. The minimum atomic E-state index is -0.708. The molecule has 0 aliphatic carbocycles. The summed E-state index contributed by atoms with van der Waals surface area (Å²) in [6.07, 6.45) is 2.55. The molecule has 1 aliphatic heterocycles. The second-order valence-electron chi connectivity index (χ2n) is 9.02. The Morgan fingerprint density at radius 3 is 2.38 bits per heavy atom. The van der Waals surface area contributed by atoms with Crippen LogP contribution >= 0.6 is 0 Å². The van der Waals surface area contributed by atoms with Gasteiger partial charge in [-0.1, -0.05) is 45.6 Å². The van der Waals surface area contributed by atoms with Crippen LogP contribution in [-0.4, -0.2) is 66.0 Å². The molecule has 1 saturated heterocycles. The first-order chi connectivity index (χ1) is 17.9. The van der Waals surface area contributed by atoms with Gasteiger partial charge in [0.15, 0.2) is 0 Å². The van der Waals surface area contributed by atoms with Crippen LogP contribution in [0.2, 0.25) is 0 Å². The highest BCUT2D eigenvalue weighted by atomic mass is 16.5. The van der Waals surface area contributed by atoms with Crippen molar-refractivity contribution in [3.63, 3.8) is 0 Å². The molecule has 1 atom stereocenters. The first kappa shape index (κ1) is 28.0. The SMILES string of the molecule is C=CCOc1ccc(C2C(=C(O)c3ccc(OCCC)c(C)c3)C(=O)C(=O)N2CCN(CC)CC)cc1. The fourth-order valence-corrected chi connectivity index (χ4v) is 4.47. The standard InChI is InChI=1S/C30H38N2O5/c1-6-18-36-24-13-10-22(11-14-24)27-26(29(34)30(35)32(27)17-16-31(8-3)9-4)28(33)23-12-15-25(21(5)20-23)37-19-7-2/h6,10-15,20,27,33H,1,7-9,16-19H2,2-5H3. The van der Waals surface area contributed by atoms with Gasteiger partial charge in [0.05, 0.1) is 18.2 Å². The molecule has 1 aliphatic rings. The maximum absolute atomic E-state index is 13.3. The number of ether oxygens (including phenoxy) is 2. The Hall–Kier alpha value is -3.58. The van der Waals surface area contributed by atoms with Crippen LogP contribution in [0.3, 0.4) is 0 Å². The molecule has 0 bridgehead atoms. The van der Waals surface area contributed by atoms with Crippen molar-refractivity contribution >= 4 is 17.4 Å². The highest BCUT2D eigenvalue weighted by molar-refractivity contribution is 6.46. The summed E-state index contributed by atoms with van der Waals surface area (Å²) in [5.41, 5.74) is 2.13. The van der Waals surface area contributed by atoms with Gasteiger partial charge in [-0.25, -0.2) is 0 Å². The van der Waals surface area contributed by atoms with E-state index in [9.17, 15) is 14.7 Å². The topological polar surface area (TPSA) is 79.3 Å². The molecule has 37 heavy (non-hydrogen) atoms. The summed E-state index contributed by atoms with van der Waals surface area (Å²) >= 11 is 0. The lowest BCUT2D eigenvalue weighted by Crippen LogP contribution is -2.38. The lowest BCUT2D eigenvalue weighted by molar-refractivity contribution is -0.140. The Balaban J connectivity index is 2.05. The van der Waals surface area contributed by atoms with Crippen LogP contribution in [-0.2, 0) is 9.59 Å². The van der Waals surface area contributed by atoms with Gasteiger partial charge < -0.3 is 24.4 Å². The fraction of sp³-hybridized carbons (Fsp3) is 0.400. The number of hydrogen-bond acceptors (Lipinski definition) is 6. The Bertz CT molecular complexity index is 1140. The molecule has 0 spiro atoms. The summed E-state index contributed by atoms with van der Waals surface area (Å²) in [6.45, 7) is 15.4. The zero-order chi connectivity index (χ0) is 26.9. The number of benzene rings is 2. The van der Waals surface area contributed by atoms with Gasteiger partial charge in [0, 0.05) is 18.7 Å². The van der Waals surface area contributed by atoms with E-state index in [0.29, 0.717) is 37.6 Å². The van der Waals surface area contributed by atoms with E-state index in [2.05, 4.69) is 25.3 Å². The molecule has 2 aromatic rings. The van der Waals surface area contributed by atoms with Crippen molar-refractivity contribution in [3.05, 3.63) is 77.4 Å². The van der Waals surface area contributed by atoms with Gasteiger partial charge in [-0.05, 0) is 67.9 Å². The normalized spacial score (nSPS) is 16.9. The average molecular weight is 507 g/mol. The molecule has 198 valence electrons. The molecular weight excluding hydrogens is 468 g/mol. The van der Waals surface area contributed by atoms with Crippen molar-refractivity contribution in [1.82, 2.24) is 9.80 Å². The molecule has 0 saturated carbocycles. The molecule has 1 amide bonds. The van der Waals surface area contributed by atoms with Gasteiger partial charge in [-0.3, -0.25) is 9.59 Å². The lowest BCUT2D eigenvalue weighted by atomic mass is 9.94. The van der Waals surface area contributed by atoms with Crippen molar-refractivity contribution in [2.24, 2.45) is 0 Å². The number of likely N-dealkylation sites (N-methyl/N-ethyl adjacent to an activating group) is 1. The highest BCUT2D eigenvalue weighted by Crippen LogP contribution is 2.40. The molecule has 2 aromatic carbocycles. The van der Waals surface area contributed by atoms with Crippen molar-refractivity contribution in [2.75, 3.05) is 39.4 Å². The molecule has 0 radical (unpaired) electrons. The number of Topliss-reactive ketones (excluding diaryl/α,β-unsaturated/α-hetero) is 1. The molecule has 1 heterocycles. The van der Waals surface area contributed by atoms with Gasteiger partial charge in [-0.15, -0.1) is 0 Å². The van der Waals surface area contributed by atoms with Crippen LogP contribution < -0.4 is 9.47 Å². The number of hydrogen-bond donors (Lipinski definition) is 1. The molecular formula is C30H38N2O5. The largest absolute Gasteiger partial charge is 0.507 e. The average Bonchev–Trinajstić information content (AvgIpc) is 3.16. The highest BCUT2D eigenvalue weighted by Gasteiger charge is 2.46. The van der Waals surface area contributed by atoms with Crippen molar-refractivity contribution in [2.45, 2.75) is 40.2 Å². The van der Waals surface area contributed by atoms with E-state index in [1.807, 2.05) is 26.0 Å². The zero-order valence-electron chi connectivity index (χ0n) is 22.3. The molecule has 1 fully saturated rings. The molecule has 3 rings (SSSR count). The number of amides is 1. The predicted molar refractivity (Wildman–Crippen MR) is 146 cm³/mol. The van der Waals surface area contributed by atoms with E-state index in [1.54, 1.807) is 41.3 Å². The summed E-state index contributed by atoms with van der Waals surface area (Å²) in [4.78, 5) is 30.3. The molecule has 0 aromatic heterocycles. The monoisotopic (exact) mass is 506 g/mol. The number of carbonyl (C=O) groups excluding carboxylic acids is 2. The second kappa shape index (κ2) is 13.1. The maximum atomic E-state index is 13.3. The number of carbonyl (C=O) groups is 2. The molecule has 1 N–H and O–H groups in total. The van der Waals surface area contributed by atoms with Crippen molar-refractivity contribution < 1.29 is 24.2 Å². The van der Waals surface area contributed by atoms with Crippen LogP contribution in [0.5, 0.6) is 11.5 Å². The Morgan fingerprint density at radius 1 is 1.08 bits per heavy atom. The fourth-order valence-electron chi connectivity index (χ4n) is 4.47. The summed E-state index contributed by atoms with van der Waals surface area (Å²) in [6, 6.07) is 11.9. The van der Waals surface area contributed by atoms with Gasteiger partial charge in [0.1, 0.15) is 23.9 Å². The molecule has 1 unspecified atom stereocenters. The number of ketones is 1. The lowest BCUT2D eigenvalue weighted by Gasteiger charge is -2.28. The maximum Gasteiger partial charge on any atom is 0.295 e. The van der Waals surface area contributed by atoms with Crippen molar-refractivity contribution in [3.8, 4) is 11.5 Å². The number of aryl methyl sites for hydroxylation is 1. The number of rotatable bonds is 13. The van der Waals surface area contributed by atoms with E-state index in [1.165, 1.54) is 0 Å². The second-order valence-corrected chi connectivity index (χ2v) is 9.02. The van der Waals surface area contributed by atoms with E-state index in [4.69, 9.17) is 9.47 Å². The van der Waals surface area contributed by atoms with Crippen LogP contribution in [0.25, 0.3) is 5.76 Å². The van der Waals surface area contributed by atoms with E-state index < -0.39 is 17.7 Å². The molecule has 7 nitrogen and oxygen atoms in total. The summed E-state index contributed by atoms with van der Waals surface area (Å²) in [5.74, 6) is -0.0964. The Kier molecular flexibility index (Phi) is 9.92. The van der Waals surface area contributed by atoms with E-state index in [0.717, 1.165) is 36.4 Å². The Morgan fingerprint density at radius 2 is 1.78 bits per heavy atom. The van der Waals surface area contributed by atoms with Crippen LogP contribution in [0.4, 0.5) is 0 Å². The van der Waals surface area contributed by atoms with Gasteiger partial charge in [0.25, 0.3) is 11.7 Å². The predicted octanol–water partition coefficient (Wildman–Crippen LogP) is 5.11. The Labute approximate surface area is 220 Å². The zero-order valence-corrected chi connectivity index (χ0v) is 22.3. The third kappa shape index (κ3) is 6.41. The van der Waals surface area contributed by atoms with Crippen LogP contribution in [0.1, 0.15) is 49.9 Å². The van der Waals surface area contributed by atoms with Gasteiger partial charge in [0.2, 0.25) is 0 Å². The first-order valence-corrected chi connectivity index (χ1v) is 12.9. The van der Waals surface area contributed by atoms with Crippen LogP contribution in [0, 0.1) is 6.92 Å². The third-order valence-electron chi connectivity index (χ3n) is 6.57. The summed E-state index contributed by atoms with van der Waals surface area (Å²) in [5, 5.41) is 11.4. The van der Waals surface area contributed by atoms with E-state index >= 15 is 0 Å². The van der Waals surface area contributed by atoms with Gasteiger partial charge >= 0.3 is 0 Å². The number of aliphatic hydroxyl groups is 1. The van der Waals surface area contributed by atoms with Crippen molar-refractivity contribution in [1.29, 1.82) is 0 Å².